The maximum absolute atomic E-state index is 13.0. The molecule has 0 radical (unpaired) electrons. The summed E-state index contributed by atoms with van der Waals surface area (Å²) in [4.78, 5) is 23.6. The zero-order chi connectivity index (χ0) is 17.9. The number of hydrogen-bond acceptors (Lipinski definition) is 6. The maximum Gasteiger partial charge on any atom is 0.256 e. The molecule has 2 aromatic heterocycles. The van der Waals surface area contributed by atoms with Crippen LogP contribution in [0, 0.1) is 5.82 Å². The SMILES string of the molecule is O=C(c1cncnc1)N1CCC(n2nnc(-c3ccc(F)cc3)n2)CC1. The standard InChI is InChI=1S/C17H16FN7O/c18-14-3-1-12(2-4-14)16-21-23-25(22-16)15-5-7-24(8-6-15)17(26)13-9-19-11-20-10-13/h1-4,9-11,15H,5-8H2. The average molecular weight is 353 g/mol. The van der Waals surface area contributed by atoms with Crippen molar-refractivity contribution in [2.45, 2.75) is 18.9 Å². The van der Waals surface area contributed by atoms with Crippen molar-refractivity contribution in [1.29, 1.82) is 0 Å². The second kappa shape index (κ2) is 6.95. The van der Waals surface area contributed by atoms with Crippen molar-refractivity contribution >= 4 is 5.91 Å². The quantitative estimate of drug-likeness (QED) is 0.713. The fourth-order valence-corrected chi connectivity index (χ4v) is 2.99. The van der Waals surface area contributed by atoms with Gasteiger partial charge in [0, 0.05) is 31.0 Å². The van der Waals surface area contributed by atoms with Gasteiger partial charge in [-0.3, -0.25) is 4.79 Å². The minimum Gasteiger partial charge on any atom is -0.338 e. The molecule has 26 heavy (non-hydrogen) atoms. The number of likely N-dealkylation sites (tertiary alicyclic amines) is 1. The first-order valence-corrected chi connectivity index (χ1v) is 8.30. The summed E-state index contributed by atoms with van der Waals surface area (Å²) in [6, 6.07) is 6.06. The Morgan fingerprint density at radius 2 is 1.77 bits per heavy atom. The predicted molar refractivity (Wildman–Crippen MR) is 89.4 cm³/mol. The predicted octanol–water partition coefficient (Wildman–Crippen LogP) is 1.75. The fraction of sp³-hybridized carbons (Fsp3) is 0.294. The van der Waals surface area contributed by atoms with Crippen LogP contribution in [0.4, 0.5) is 4.39 Å². The van der Waals surface area contributed by atoms with Crippen molar-refractivity contribution in [3.63, 3.8) is 0 Å². The van der Waals surface area contributed by atoms with Crippen LogP contribution in [-0.4, -0.2) is 54.1 Å². The summed E-state index contributed by atoms with van der Waals surface area (Å²) in [6.07, 6.45) is 5.92. The van der Waals surface area contributed by atoms with Crippen LogP contribution in [0.1, 0.15) is 29.2 Å². The van der Waals surface area contributed by atoms with Crippen molar-refractivity contribution < 1.29 is 9.18 Å². The molecule has 1 amide bonds. The Morgan fingerprint density at radius 3 is 2.46 bits per heavy atom. The molecular weight excluding hydrogens is 337 g/mol. The van der Waals surface area contributed by atoms with Crippen molar-refractivity contribution in [2.24, 2.45) is 0 Å². The van der Waals surface area contributed by atoms with Gasteiger partial charge in [0.2, 0.25) is 5.82 Å². The van der Waals surface area contributed by atoms with Crippen molar-refractivity contribution in [2.75, 3.05) is 13.1 Å². The average Bonchev–Trinajstić information content (AvgIpc) is 3.19. The van der Waals surface area contributed by atoms with Gasteiger partial charge in [-0.05, 0) is 42.3 Å². The molecule has 1 fully saturated rings. The van der Waals surface area contributed by atoms with Gasteiger partial charge in [0.1, 0.15) is 12.1 Å². The molecule has 8 nitrogen and oxygen atoms in total. The summed E-state index contributed by atoms with van der Waals surface area (Å²) in [7, 11) is 0. The molecule has 0 spiro atoms. The first-order valence-electron chi connectivity index (χ1n) is 8.30. The number of benzene rings is 1. The van der Waals surface area contributed by atoms with E-state index in [0.717, 1.165) is 12.8 Å². The van der Waals surface area contributed by atoms with Crippen LogP contribution in [0.3, 0.4) is 0 Å². The van der Waals surface area contributed by atoms with Gasteiger partial charge >= 0.3 is 0 Å². The van der Waals surface area contributed by atoms with Crippen LogP contribution < -0.4 is 0 Å². The third kappa shape index (κ3) is 3.28. The largest absolute Gasteiger partial charge is 0.338 e. The highest BCUT2D eigenvalue weighted by atomic mass is 19.1. The van der Waals surface area contributed by atoms with Gasteiger partial charge in [0.15, 0.2) is 0 Å². The monoisotopic (exact) mass is 353 g/mol. The fourth-order valence-electron chi connectivity index (χ4n) is 2.99. The first kappa shape index (κ1) is 16.2. The first-order chi connectivity index (χ1) is 12.7. The Hall–Kier alpha value is -3.23. The van der Waals surface area contributed by atoms with Crippen molar-refractivity contribution in [3.8, 4) is 11.4 Å². The van der Waals surface area contributed by atoms with E-state index in [2.05, 4.69) is 25.4 Å². The smallest absolute Gasteiger partial charge is 0.256 e. The zero-order valence-electron chi connectivity index (χ0n) is 13.9. The Morgan fingerprint density at radius 1 is 1.08 bits per heavy atom. The van der Waals surface area contributed by atoms with E-state index in [1.807, 2.05) is 0 Å². The minimum absolute atomic E-state index is 0.0670. The second-order valence-corrected chi connectivity index (χ2v) is 6.09. The highest BCUT2D eigenvalue weighted by Gasteiger charge is 2.26. The number of nitrogens with zero attached hydrogens (tertiary/aromatic N) is 7. The van der Waals surface area contributed by atoms with Gasteiger partial charge in [-0.25, -0.2) is 14.4 Å². The Labute approximate surface area is 148 Å². The van der Waals surface area contributed by atoms with Gasteiger partial charge in [-0.1, -0.05) is 0 Å². The van der Waals surface area contributed by atoms with Crippen LogP contribution in [0.15, 0.2) is 43.0 Å². The number of rotatable bonds is 3. The van der Waals surface area contributed by atoms with Crippen molar-refractivity contribution in [1.82, 2.24) is 35.1 Å². The molecule has 4 rings (SSSR count). The summed E-state index contributed by atoms with van der Waals surface area (Å²) in [5, 5.41) is 12.6. The number of amides is 1. The third-order valence-electron chi connectivity index (χ3n) is 4.42. The Kier molecular flexibility index (Phi) is 4.34. The molecule has 1 aliphatic rings. The van der Waals surface area contributed by atoms with E-state index in [9.17, 15) is 9.18 Å². The normalized spacial score (nSPS) is 15.2. The Bertz CT molecular complexity index is 889. The second-order valence-electron chi connectivity index (χ2n) is 6.09. The topological polar surface area (TPSA) is 89.7 Å². The lowest BCUT2D eigenvalue weighted by molar-refractivity contribution is 0.0682. The molecule has 0 aliphatic carbocycles. The van der Waals surface area contributed by atoms with E-state index in [0.29, 0.717) is 30.0 Å². The molecule has 3 aromatic rings. The number of hydrogen-bond donors (Lipinski definition) is 0. The van der Waals surface area contributed by atoms with Gasteiger partial charge in [0.05, 0.1) is 11.6 Å². The summed E-state index contributed by atoms with van der Waals surface area (Å²) < 4.78 is 13.0. The van der Waals surface area contributed by atoms with Gasteiger partial charge < -0.3 is 4.90 Å². The number of piperidine rings is 1. The van der Waals surface area contributed by atoms with Crippen molar-refractivity contribution in [3.05, 3.63) is 54.4 Å². The van der Waals surface area contributed by atoms with E-state index < -0.39 is 0 Å². The molecule has 0 N–H and O–H groups in total. The lowest BCUT2D eigenvalue weighted by Crippen LogP contribution is -2.39. The molecule has 9 heteroatoms. The van der Waals surface area contributed by atoms with Gasteiger partial charge in [0.25, 0.3) is 5.91 Å². The lowest BCUT2D eigenvalue weighted by atomic mass is 10.1. The number of halogens is 1. The summed E-state index contributed by atoms with van der Waals surface area (Å²) in [6.45, 7) is 1.21. The maximum atomic E-state index is 13.0. The van der Waals surface area contributed by atoms with Crippen LogP contribution in [0.5, 0.6) is 0 Å². The van der Waals surface area contributed by atoms with E-state index in [-0.39, 0.29) is 17.8 Å². The molecule has 0 bridgehead atoms. The summed E-state index contributed by atoms with van der Waals surface area (Å²) in [5.74, 6) is 0.0922. The molecule has 1 saturated heterocycles. The molecule has 0 unspecified atom stereocenters. The van der Waals surface area contributed by atoms with E-state index in [1.54, 1.807) is 21.8 Å². The minimum atomic E-state index is -0.304. The highest BCUT2D eigenvalue weighted by molar-refractivity contribution is 5.93. The highest BCUT2D eigenvalue weighted by Crippen LogP contribution is 2.23. The van der Waals surface area contributed by atoms with Crippen LogP contribution in [0.25, 0.3) is 11.4 Å². The molecule has 0 atom stereocenters. The number of carbonyl (C=O) groups excluding carboxylic acids is 1. The van der Waals surface area contributed by atoms with E-state index >= 15 is 0 Å². The molecule has 132 valence electrons. The molecule has 0 saturated carbocycles. The summed E-state index contributed by atoms with van der Waals surface area (Å²) >= 11 is 0. The Balaban J connectivity index is 1.41. The van der Waals surface area contributed by atoms with Gasteiger partial charge in [-0.2, -0.15) is 4.80 Å². The lowest BCUT2D eigenvalue weighted by Gasteiger charge is -2.31. The number of tetrazole rings is 1. The number of aromatic nitrogens is 6. The summed E-state index contributed by atoms with van der Waals surface area (Å²) in [5.41, 5.74) is 1.21. The molecular formula is C17H16FN7O. The zero-order valence-corrected chi connectivity index (χ0v) is 13.9. The molecule has 1 aromatic carbocycles. The van der Waals surface area contributed by atoms with Gasteiger partial charge in [-0.15, -0.1) is 10.2 Å². The molecule has 3 heterocycles. The third-order valence-corrected chi connectivity index (χ3v) is 4.42. The van der Waals surface area contributed by atoms with Crippen LogP contribution >= 0.6 is 0 Å². The van der Waals surface area contributed by atoms with Crippen LogP contribution in [-0.2, 0) is 0 Å². The molecule has 1 aliphatic heterocycles. The van der Waals surface area contributed by atoms with E-state index in [4.69, 9.17) is 0 Å². The van der Waals surface area contributed by atoms with E-state index in [1.165, 1.54) is 30.9 Å². The van der Waals surface area contributed by atoms with Crippen LogP contribution in [0.2, 0.25) is 0 Å². The number of carbonyl (C=O) groups is 1.